The lowest BCUT2D eigenvalue weighted by Gasteiger charge is -2.28. The van der Waals surface area contributed by atoms with Crippen LogP contribution in [0.4, 0.5) is 13.2 Å². The molecule has 0 radical (unpaired) electrons. The second-order valence-electron chi connectivity index (χ2n) is 5.66. The number of rotatable bonds is 4. The summed E-state index contributed by atoms with van der Waals surface area (Å²) < 4.78 is 38.0. The molecule has 5 nitrogen and oxygen atoms in total. The van der Waals surface area contributed by atoms with Gasteiger partial charge in [-0.05, 0) is 31.9 Å². The van der Waals surface area contributed by atoms with E-state index in [2.05, 4.69) is 4.98 Å². The molecule has 1 aliphatic rings. The summed E-state index contributed by atoms with van der Waals surface area (Å²) in [6, 6.07) is 1.77. The van der Waals surface area contributed by atoms with E-state index >= 15 is 0 Å². The number of primary amides is 1. The number of alkyl halides is 3. The fraction of sp³-hybridized carbons (Fsp3) is 0.533. The van der Waals surface area contributed by atoms with E-state index in [9.17, 15) is 22.8 Å². The second kappa shape index (κ2) is 6.55. The molecular weight excluding hydrogens is 311 g/mol. The van der Waals surface area contributed by atoms with Crippen LogP contribution in [0.3, 0.4) is 0 Å². The normalized spacial score (nSPS) is 15.7. The molecule has 2 N–H and O–H groups in total. The van der Waals surface area contributed by atoms with E-state index in [4.69, 9.17) is 5.73 Å². The minimum absolute atomic E-state index is 0.0164. The molecule has 0 saturated heterocycles. The van der Waals surface area contributed by atoms with Crippen molar-refractivity contribution in [2.24, 2.45) is 5.73 Å². The van der Waals surface area contributed by atoms with Crippen LogP contribution in [0, 0.1) is 6.92 Å². The number of hydrogen-bond donors (Lipinski definition) is 1. The van der Waals surface area contributed by atoms with Gasteiger partial charge in [-0.2, -0.15) is 13.2 Å². The molecule has 0 unspecified atom stereocenters. The Kier molecular flexibility index (Phi) is 4.91. The van der Waals surface area contributed by atoms with Crippen molar-refractivity contribution in [3.63, 3.8) is 0 Å². The number of nitrogens with two attached hydrogens (primary N) is 1. The van der Waals surface area contributed by atoms with Gasteiger partial charge < -0.3 is 10.6 Å². The number of carbonyl (C=O) groups excluding carboxylic acids is 2. The number of hydrogen-bond acceptors (Lipinski definition) is 3. The Morgan fingerprint density at radius 3 is 2.39 bits per heavy atom. The standard InChI is InChI=1S/C15H18F3N3O2/c1-9-11(6-7-12(20-9)15(16,17)18)14(23)21(8-13(19)22)10-4-2-3-5-10/h6-7,10H,2-5,8H2,1H3,(H2,19,22). The number of aryl methyl sites for hydroxylation is 1. The van der Waals surface area contributed by atoms with E-state index in [0.29, 0.717) is 0 Å². The van der Waals surface area contributed by atoms with Crippen molar-refractivity contribution in [3.8, 4) is 0 Å². The van der Waals surface area contributed by atoms with E-state index in [0.717, 1.165) is 37.8 Å². The van der Waals surface area contributed by atoms with Crippen molar-refractivity contribution in [2.75, 3.05) is 6.54 Å². The molecule has 1 aromatic heterocycles. The van der Waals surface area contributed by atoms with Gasteiger partial charge in [0.15, 0.2) is 0 Å². The van der Waals surface area contributed by atoms with Gasteiger partial charge in [0.25, 0.3) is 5.91 Å². The molecule has 0 spiro atoms. The summed E-state index contributed by atoms with van der Waals surface area (Å²) in [5, 5.41) is 0. The molecule has 0 aromatic carbocycles. The molecule has 0 aliphatic heterocycles. The van der Waals surface area contributed by atoms with Crippen LogP contribution in [0.1, 0.15) is 47.4 Å². The van der Waals surface area contributed by atoms with Crippen LogP contribution in [0.25, 0.3) is 0 Å². The predicted octanol–water partition coefficient (Wildman–Crippen LogP) is 2.28. The minimum atomic E-state index is -4.56. The molecule has 23 heavy (non-hydrogen) atoms. The zero-order valence-electron chi connectivity index (χ0n) is 12.7. The molecule has 1 aromatic rings. The lowest BCUT2D eigenvalue weighted by molar-refractivity contribution is -0.141. The van der Waals surface area contributed by atoms with Crippen molar-refractivity contribution < 1.29 is 22.8 Å². The summed E-state index contributed by atoms with van der Waals surface area (Å²) in [7, 11) is 0. The highest BCUT2D eigenvalue weighted by molar-refractivity contribution is 5.97. The van der Waals surface area contributed by atoms with Crippen LogP contribution < -0.4 is 5.73 Å². The number of amides is 2. The lowest BCUT2D eigenvalue weighted by Crippen LogP contribution is -2.44. The highest BCUT2D eigenvalue weighted by Gasteiger charge is 2.34. The van der Waals surface area contributed by atoms with Gasteiger partial charge in [-0.15, -0.1) is 0 Å². The highest BCUT2D eigenvalue weighted by atomic mass is 19.4. The third-order valence-corrected chi connectivity index (χ3v) is 3.96. The average molecular weight is 329 g/mol. The van der Waals surface area contributed by atoms with Crippen molar-refractivity contribution >= 4 is 11.8 Å². The minimum Gasteiger partial charge on any atom is -0.368 e. The van der Waals surface area contributed by atoms with E-state index in [1.54, 1.807) is 0 Å². The van der Waals surface area contributed by atoms with E-state index in [1.165, 1.54) is 11.8 Å². The van der Waals surface area contributed by atoms with Crippen LogP contribution in [-0.4, -0.2) is 34.3 Å². The summed E-state index contributed by atoms with van der Waals surface area (Å²) in [5.41, 5.74) is 4.20. The van der Waals surface area contributed by atoms with Crippen LogP contribution >= 0.6 is 0 Å². The first kappa shape index (κ1) is 17.2. The number of nitrogens with zero attached hydrogens (tertiary/aromatic N) is 2. The van der Waals surface area contributed by atoms with Gasteiger partial charge in [0.1, 0.15) is 5.69 Å². The molecule has 8 heteroatoms. The quantitative estimate of drug-likeness (QED) is 0.921. The van der Waals surface area contributed by atoms with Gasteiger partial charge in [0, 0.05) is 6.04 Å². The average Bonchev–Trinajstić information content (AvgIpc) is 2.96. The van der Waals surface area contributed by atoms with Crippen molar-refractivity contribution in [1.82, 2.24) is 9.88 Å². The maximum atomic E-state index is 12.7. The first-order valence-electron chi connectivity index (χ1n) is 7.34. The topological polar surface area (TPSA) is 76.3 Å². The van der Waals surface area contributed by atoms with E-state index in [1.807, 2.05) is 0 Å². The van der Waals surface area contributed by atoms with E-state index < -0.39 is 23.7 Å². The number of aromatic nitrogens is 1. The molecule has 2 rings (SSSR count). The second-order valence-corrected chi connectivity index (χ2v) is 5.66. The summed E-state index contributed by atoms with van der Waals surface area (Å²) >= 11 is 0. The van der Waals surface area contributed by atoms with Crippen LogP contribution in [-0.2, 0) is 11.0 Å². The van der Waals surface area contributed by atoms with Gasteiger partial charge in [0.2, 0.25) is 5.91 Å². The molecule has 0 bridgehead atoms. The summed E-state index contributed by atoms with van der Waals surface area (Å²) in [5.74, 6) is -1.16. The molecule has 2 amide bonds. The van der Waals surface area contributed by atoms with Gasteiger partial charge in [-0.25, -0.2) is 4.98 Å². The van der Waals surface area contributed by atoms with Crippen molar-refractivity contribution in [3.05, 3.63) is 29.1 Å². The predicted molar refractivity (Wildman–Crippen MR) is 76.5 cm³/mol. The van der Waals surface area contributed by atoms with Crippen LogP contribution in [0.5, 0.6) is 0 Å². The number of halogens is 3. The molecule has 1 heterocycles. The monoisotopic (exact) mass is 329 g/mol. The molecule has 0 atom stereocenters. The molecule has 1 fully saturated rings. The molecule has 126 valence electrons. The first-order valence-corrected chi connectivity index (χ1v) is 7.34. The number of pyridine rings is 1. The number of carbonyl (C=O) groups is 2. The van der Waals surface area contributed by atoms with E-state index in [-0.39, 0.29) is 23.8 Å². The Bertz CT molecular complexity index is 610. The zero-order chi connectivity index (χ0) is 17.2. The summed E-state index contributed by atoms with van der Waals surface area (Å²) in [6.07, 6.45) is -1.17. The third kappa shape index (κ3) is 4.00. The third-order valence-electron chi connectivity index (χ3n) is 3.96. The molecule has 1 saturated carbocycles. The fourth-order valence-corrected chi connectivity index (χ4v) is 2.85. The Labute approximate surface area is 131 Å². The van der Waals surface area contributed by atoms with Gasteiger partial charge in [-0.3, -0.25) is 9.59 Å². The smallest absolute Gasteiger partial charge is 0.368 e. The fourth-order valence-electron chi connectivity index (χ4n) is 2.85. The van der Waals surface area contributed by atoms with Gasteiger partial charge >= 0.3 is 6.18 Å². The van der Waals surface area contributed by atoms with Crippen LogP contribution in [0.15, 0.2) is 12.1 Å². The van der Waals surface area contributed by atoms with Gasteiger partial charge in [0.05, 0.1) is 17.8 Å². The van der Waals surface area contributed by atoms with Crippen molar-refractivity contribution in [2.45, 2.75) is 44.8 Å². The molecular formula is C15H18F3N3O2. The Morgan fingerprint density at radius 1 is 1.30 bits per heavy atom. The maximum absolute atomic E-state index is 12.7. The van der Waals surface area contributed by atoms with Crippen molar-refractivity contribution in [1.29, 1.82) is 0 Å². The first-order chi connectivity index (χ1) is 10.7. The van der Waals surface area contributed by atoms with Gasteiger partial charge in [-0.1, -0.05) is 12.8 Å². The lowest BCUT2D eigenvalue weighted by atomic mass is 10.1. The maximum Gasteiger partial charge on any atom is 0.433 e. The largest absolute Gasteiger partial charge is 0.433 e. The zero-order valence-corrected chi connectivity index (χ0v) is 12.7. The Hall–Kier alpha value is -2.12. The SMILES string of the molecule is Cc1nc(C(F)(F)F)ccc1C(=O)N(CC(N)=O)C1CCCC1. The summed E-state index contributed by atoms with van der Waals surface area (Å²) in [6.45, 7) is 1.10. The Balaban J connectivity index is 2.30. The summed E-state index contributed by atoms with van der Waals surface area (Å²) in [4.78, 5) is 28.7. The highest BCUT2D eigenvalue weighted by Crippen LogP contribution is 2.29. The van der Waals surface area contributed by atoms with Crippen LogP contribution in [0.2, 0.25) is 0 Å². The molecule has 1 aliphatic carbocycles. The Morgan fingerprint density at radius 2 is 1.91 bits per heavy atom.